The molecule has 3 N–H and O–H groups in total. The summed E-state index contributed by atoms with van der Waals surface area (Å²) in [5.74, 6) is 0.322. The number of hydrogen-bond donors (Lipinski definition) is 2. The summed E-state index contributed by atoms with van der Waals surface area (Å²) in [6, 6.07) is 0. The number of rotatable bonds is 1. The van der Waals surface area contributed by atoms with Crippen molar-refractivity contribution in [3.8, 4) is 0 Å². The van der Waals surface area contributed by atoms with Crippen LogP contribution in [0, 0.1) is 0 Å². The maximum atomic E-state index is 8.03. The molecule has 0 fully saturated rings. The highest BCUT2D eigenvalue weighted by Gasteiger charge is 1.73. The van der Waals surface area contributed by atoms with Crippen molar-refractivity contribution in [3.63, 3.8) is 0 Å². The molecule has 0 rings (SSSR count). The predicted molar refractivity (Wildman–Crippen MR) is 29.3 cm³/mol. The monoisotopic (exact) mass is 100 g/mol. The van der Waals surface area contributed by atoms with Crippen molar-refractivity contribution in [1.82, 2.24) is 0 Å². The molecule has 0 aliphatic heterocycles. The van der Waals surface area contributed by atoms with E-state index < -0.39 is 0 Å². The molecule has 3 heteroatoms. The lowest BCUT2D eigenvalue weighted by atomic mass is 10.6. The minimum absolute atomic E-state index is 0.322. The second kappa shape index (κ2) is 3.21. The Labute approximate surface area is 42.2 Å². The number of aliphatic imine (C=N–C) groups is 1. The number of nitrogens with zero attached hydrogens (tertiary/aromatic N) is 1. The van der Waals surface area contributed by atoms with Gasteiger partial charge in [-0.05, 0) is 0 Å². The Hall–Kier alpha value is -0.990. The van der Waals surface area contributed by atoms with Crippen molar-refractivity contribution in [2.45, 2.75) is 0 Å². The van der Waals surface area contributed by atoms with Gasteiger partial charge in [0, 0.05) is 13.1 Å². The Morgan fingerprint density at radius 1 is 1.86 bits per heavy atom. The Kier molecular flexibility index (Phi) is 2.76. The predicted octanol–water partition coefficient (Wildman–Crippen LogP) is 0.0451. The second-order valence-electron chi connectivity index (χ2n) is 0.964. The lowest BCUT2D eigenvalue weighted by molar-refractivity contribution is 0.474. The maximum Gasteiger partial charge on any atom is 0.120 e. The zero-order valence-electron chi connectivity index (χ0n) is 4.13. The van der Waals surface area contributed by atoms with Crippen LogP contribution in [-0.4, -0.2) is 18.0 Å². The molecule has 0 bridgehead atoms. The summed E-state index contributed by atoms with van der Waals surface area (Å²) < 4.78 is 0. The summed E-state index contributed by atoms with van der Waals surface area (Å²) in [5, 5.41) is 8.03. The van der Waals surface area contributed by atoms with Gasteiger partial charge in [0.15, 0.2) is 0 Å². The van der Waals surface area contributed by atoms with E-state index in [2.05, 4.69) is 4.99 Å². The third kappa shape index (κ3) is 2.82. The SMILES string of the molecule is C/N=C(N)\C=C/O. The summed E-state index contributed by atoms with van der Waals surface area (Å²) in [4.78, 5) is 3.53. The van der Waals surface area contributed by atoms with E-state index in [1.54, 1.807) is 7.05 Å². The van der Waals surface area contributed by atoms with Crippen molar-refractivity contribution < 1.29 is 5.11 Å². The first-order valence-corrected chi connectivity index (χ1v) is 1.84. The third-order valence-electron chi connectivity index (χ3n) is 0.503. The van der Waals surface area contributed by atoms with Crippen molar-refractivity contribution >= 4 is 5.84 Å². The van der Waals surface area contributed by atoms with Crippen LogP contribution in [-0.2, 0) is 0 Å². The van der Waals surface area contributed by atoms with Gasteiger partial charge in [-0.3, -0.25) is 4.99 Å². The van der Waals surface area contributed by atoms with Crippen molar-refractivity contribution in [2.24, 2.45) is 10.7 Å². The molecule has 40 valence electrons. The van der Waals surface area contributed by atoms with Gasteiger partial charge >= 0.3 is 0 Å². The molecule has 0 radical (unpaired) electrons. The van der Waals surface area contributed by atoms with E-state index in [1.165, 1.54) is 6.08 Å². The summed E-state index contributed by atoms with van der Waals surface area (Å²) in [6.45, 7) is 0. The second-order valence-corrected chi connectivity index (χ2v) is 0.964. The molecule has 0 aromatic rings. The third-order valence-corrected chi connectivity index (χ3v) is 0.503. The van der Waals surface area contributed by atoms with Gasteiger partial charge < -0.3 is 10.8 Å². The summed E-state index contributed by atoms with van der Waals surface area (Å²) in [6.07, 6.45) is 2.16. The van der Waals surface area contributed by atoms with Gasteiger partial charge in [0.25, 0.3) is 0 Å². The van der Waals surface area contributed by atoms with Gasteiger partial charge in [-0.25, -0.2) is 0 Å². The molecule has 0 heterocycles. The van der Waals surface area contributed by atoms with Crippen LogP contribution in [0.15, 0.2) is 17.3 Å². The molecule has 3 nitrogen and oxygen atoms in total. The maximum absolute atomic E-state index is 8.03. The fourth-order valence-electron chi connectivity index (χ4n) is 0.151. The Morgan fingerprint density at radius 3 is 2.57 bits per heavy atom. The largest absolute Gasteiger partial charge is 0.515 e. The van der Waals surface area contributed by atoms with Crippen LogP contribution in [0.25, 0.3) is 0 Å². The topological polar surface area (TPSA) is 58.6 Å². The molecular weight excluding hydrogens is 92.1 g/mol. The normalized spacial score (nSPS) is 13.0. The van der Waals surface area contributed by atoms with Crippen molar-refractivity contribution in [2.75, 3.05) is 7.05 Å². The molecule has 0 spiro atoms. The number of aliphatic hydroxyl groups excluding tert-OH is 1. The lowest BCUT2D eigenvalue weighted by Gasteiger charge is -1.81. The number of aliphatic hydroxyl groups is 1. The highest BCUT2D eigenvalue weighted by Crippen LogP contribution is 1.65. The van der Waals surface area contributed by atoms with Gasteiger partial charge in [-0.15, -0.1) is 0 Å². The lowest BCUT2D eigenvalue weighted by Crippen LogP contribution is -2.06. The van der Waals surface area contributed by atoms with E-state index in [1.807, 2.05) is 0 Å². The van der Waals surface area contributed by atoms with E-state index in [0.717, 1.165) is 6.26 Å². The van der Waals surface area contributed by atoms with Crippen LogP contribution >= 0.6 is 0 Å². The molecular formula is C4H8N2O. The van der Waals surface area contributed by atoms with Crippen LogP contribution in [0.3, 0.4) is 0 Å². The number of amidine groups is 1. The smallest absolute Gasteiger partial charge is 0.120 e. The fourth-order valence-corrected chi connectivity index (χ4v) is 0.151. The average Bonchev–Trinajstić information content (AvgIpc) is 1.68. The molecule has 0 aromatic carbocycles. The van der Waals surface area contributed by atoms with E-state index in [4.69, 9.17) is 10.8 Å². The summed E-state index contributed by atoms with van der Waals surface area (Å²) >= 11 is 0. The number of nitrogens with two attached hydrogens (primary N) is 1. The van der Waals surface area contributed by atoms with E-state index in [9.17, 15) is 0 Å². The van der Waals surface area contributed by atoms with Crippen LogP contribution in [0.2, 0.25) is 0 Å². The first-order chi connectivity index (χ1) is 3.31. The highest BCUT2D eigenvalue weighted by atomic mass is 16.2. The molecule has 0 amide bonds. The molecule has 7 heavy (non-hydrogen) atoms. The van der Waals surface area contributed by atoms with Crippen molar-refractivity contribution in [1.29, 1.82) is 0 Å². The van der Waals surface area contributed by atoms with Crippen LogP contribution in [0.1, 0.15) is 0 Å². The molecule has 0 aliphatic carbocycles. The zero-order valence-corrected chi connectivity index (χ0v) is 4.13. The van der Waals surface area contributed by atoms with Crippen LogP contribution in [0.5, 0.6) is 0 Å². The van der Waals surface area contributed by atoms with E-state index >= 15 is 0 Å². The van der Waals surface area contributed by atoms with Gasteiger partial charge in [0.1, 0.15) is 5.84 Å². The molecule has 0 unspecified atom stereocenters. The standard InChI is InChI=1S/C4H8N2O/c1-6-4(5)2-3-7/h2-3,7H,1H3,(H2,5,6)/b3-2-. The molecule has 0 saturated heterocycles. The first-order valence-electron chi connectivity index (χ1n) is 1.84. The molecule has 0 aliphatic rings. The minimum Gasteiger partial charge on any atom is -0.515 e. The first kappa shape index (κ1) is 6.01. The van der Waals surface area contributed by atoms with E-state index in [-0.39, 0.29) is 0 Å². The Morgan fingerprint density at radius 2 is 2.43 bits per heavy atom. The quantitative estimate of drug-likeness (QED) is 0.278. The van der Waals surface area contributed by atoms with Crippen LogP contribution in [0.4, 0.5) is 0 Å². The summed E-state index contributed by atoms with van der Waals surface area (Å²) in [7, 11) is 1.55. The summed E-state index contributed by atoms with van der Waals surface area (Å²) in [5.41, 5.74) is 5.09. The molecule has 0 aromatic heterocycles. The van der Waals surface area contributed by atoms with Crippen molar-refractivity contribution in [3.05, 3.63) is 12.3 Å². The zero-order chi connectivity index (χ0) is 5.70. The Bertz CT molecular complexity index is 95.9. The highest BCUT2D eigenvalue weighted by molar-refractivity contribution is 5.90. The van der Waals surface area contributed by atoms with Gasteiger partial charge in [-0.2, -0.15) is 0 Å². The Balaban J connectivity index is 3.58. The minimum atomic E-state index is 0.322. The average molecular weight is 100 g/mol. The van der Waals surface area contributed by atoms with E-state index in [0.29, 0.717) is 5.84 Å². The van der Waals surface area contributed by atoms with Gasteiger partial charge in [-0.1, -0.05) is 0 Å². The van der Waals surface area contributed by atoms with Crippen LogP contribution < -0.4 is 5.73 Å². The fraction of sp³-hybridized carbons (Fsp3) is 0.250. The molecule has 0 atom stereocenters. The number of hydrogen-bond acceptors (Lipinski definition) is 2. The molecule has 0 saturated carbocycles. The van der Waals surface area contributed by atoms with Gasteiger partial charge in [0.05, 0.1) is 6.26 Å². The van der Waals surface area contributed by atoms with Gasteiger partial charge in [0.2, 0.25) is 0 Å².